The summed E-state index contributed by atoms with van der Waals surface area (Å²) < 4.78 is 28.5. The second-order valence-corrected chi connectivity index (χ2v) is 9.27. The molecule has 2 aliphatic heterocycles. The van der Waals surface area contributed by atoms with E-state index in [2.05, 4.69) is 26.7 Å². The summed E-state index contributed by atoms with van der Waals surface area (Å²) in [6.45, 7) is 3.77. The van der Waals surface area contributed by atoms with Crippen LogP contribution >= 0.6 is 0 Å². The van der Waals surface area contributed by atoms with Crippen molar-refractivity contribution in [3.8, 4) is 0 Å². The molecule has 6 nitrogen and oxygen atoms in total. The molecule has 0 aromatic heterocycles. The number of benzene rings is 2. The highest BCUT2D eigenvalue weighted by Gasteiger charge is 2.34. The largest absolute Gasteiger partial charge is 0.341 e. The van der Waals surface area contributed by atoms with E-state index in [-0.39, 0.29) is 0 Å². The van der Waals surface area contributed by atoms with E-state index in [1.54, 1.807) is 12.1 Å². The van der Waals surface area contributed by atoms with Crippen molar-refractivity contribution < 1.29 is 8.42 Å². The summed E-state index contributed by atoms with van der Waals surface area (Å²) in [5.41, 5.74) is 1.85. The smallest absolute Gasteiger partial charge is 0.237 e. The molecular formula is C21H26N4O2S. The van der Waals surface area contributed by atoms with Gasteiger partial charge in [-0.2, -0.15) is 0 Å². The summed E-state index contributed by atoms with van der Waals surface area (Å²) in [7, 11) is -3.44. The first kappa shape index (κ1) is 18.8. The standard InChI is InChI=1S/C21H26N4O2S/c26-28(27,23-19-10-5-2-6-11-19)20-12-7-14-24(17-20)21-22-13-15-25(21)16-18-8-3-1-4-9-18/h1-6,8-11,20,23H,7,12-17H2. The number of hydrogen-bond donors (Lipinski definition) is 1. The minimum atomic E-state index is -3.44. The molecule has 0 aliphatic carbocycles. The Morgan fingerprint density at radius 3 is 2.46 bits per heavy atom. The Bertz CT molecular complexity index is 916. The monoisotopic (exact) mass is 398 g/mol. The van der Waals surface area contributed by atoms with Gasteiger partial charge in [-0.3, -0.25) is 9.71 Å². The fourth-order valence-corrected chi connectivity index (χ4v) is 5.34. The van der Waals surface area contributed by atoms with Crippen LogP contribution in [0.25, 0.3) is 0 Å². The summed E-state index contributed by atoms with van der Waals surface area (Å²) in [6.07, 6.45) is 1.52. The molecule has 4 rings (SSSR count). The third kappa shape index (κ3) is 4.30. The Hall–Kier alpha value is -2.54. The predicted octanol–water partition coefficient (Wildman–Crippen LogP) is 2.76. The van der Waals surface area contributed by atoms with Crippen molar-refractivity contribution in [3.05, 3.63) is 66.2 Å². The third-order valence-corrected chi connectivity index (χ3v) is 7.04. The zero-order valence-electron chi connectivity index (χ0n) is 15.9. The van der Waals surface area contributed by atoms with Gasteiger partial charge in [0.15, 0.2) is 5.96 Å². The van der Waals surface area contributed by atoms with Gasteiger partial charge in [0.05, 0.1) is 11.8 Å². The number of aliphatic imine (C=N–C) groups is 1. The van der Waals surface area contributed by atoms with Gasteiger partial charge in [0.2, 0.25) is 10.0 Å². The van der Waals surface area contributed by atoms with E-state index in [0.717, 1.165) is 38.6 Å². The normalized spacial score (nSPS) is 20.1. The summed E-state index contributed by atoms with van der Waals surface area (Å²) in [5, 5.41) is -0.441. The second kappa shape index (κ2) is 8.22. The predicted molar refractivity (Wildman–Crippen MR) is 113 cm³/mol. The number of sulfonamides is 1. The molecule has 1 fully saturated rings. The molecule has 1 atom stereocenters. The van der Waals surface area contributed by atoms with Crippen molar-refractivity contribution in [3.63, 3.8) is 0 Å². The molecule has 2 aromatic rings. The van der Waals surface area contributed by atoms with Gasteiger partial charge in [-0.15, -0.1) is 0 Å². The molecule has 2 heterocycles. The Morgan fingerprint density at radius 1 is 1.00 bits per heavy atom. The van der Waals surface area contributed by atoms with Crippen LogP contribution in [0.3, 0.4) is 0 Å². The van der Waals surface area contributed by atoms with E-state index in [9.17, 15) is 8.42 Å². The van der Waals surface area contributed by atoms with Crippen molar-refractivity contribution in [2.24, 2.45) is 4.99 Å². The number of hydrogen-bond acceptors (Lipinski definition) is 5. The average molecular weight is 399 g/mol. The van der Waals surface area contributed by atoms with Gasteiger partial charge >= 0.3 is 0 Å². The molecule has 0 saturated carbocycles. The van der Waals surface area contributed by atoms with Crippen LogP contribution in [0.1, 0.15) is 18.4 Å². The molecule has 2 aliphatic rings. The van der Waals surface area contributed by atoms with E-state index in [0.29, 0.717) is 18.7 Å². The number of nitrogens with one attached hydrogen (secondary N) is 1. The van der Waals surface area contributed by atoms with Crippen molar-refractivity contribution >= 4 is 21.7 Å². The van der Waals surface area contributed by atoms with Crippen LogP contribution < -0.4 is 4.72 Å². The first-order valence-electron chi connectivity index (χ1n) is 9.77. The highest BCUT2D eigenvalue weighted by molar-refractivity contribution is 7.93. The van der Waals surface area contributed by atoms with Crippen molar-refractivity contribution in [2.75, 3.05) is 30.9 Å². The van der Waals surface area contributed by atoms with E-state index < -0.39 is 15.3 Å². The maximum atomic E-state index is 12.9. The van der Waals surface area contributed by atoms with Gasteiger partial charge in [-0.05, 0) is 30.5 Å². The van der Waals surface area contributed by atoms with Crippen LogP contribution in [0, 0.1) is 0 Å². The number of piperidine rings is 1. The number of anilines is 1. The molecule has 0 bridgehead atoms. The van der Waals surface area contributed by atoms with Crippen LogP contribution in [0.15, 0.2) is 65.7 Å². The van der Waals surface area contributed by atoms with Gasteiger partial charge < -0.3 is 9.80 Å². The zero-order chi connectivity index (χ0) is 19.4. The summed E-state index contributed by atoms with van der Waals surface area (Å²) in [5.74, 6) is 0.934. The Kier molecular flexibility index (Phi) is 5.52. The molecule has 0 spiro atoms. The van der Waals surface area contributed by atoms with E-state index in [4.69, 9.17) is 4.99 Å². The lowest BCUT2D eigenvalue weighted by Crippen LogP contribution is -2.50. The molecule has 148 valence electrons. The van der Waals surface area contributed by atoms with Crippen LogP contribution in [0.4, 0.5) is 5.69 Å². The molecule has 1 unspecified atom stereocenters. The number of guanidine groups is 1. The second-order valence-electron chi connectivity index (χ2n) is 7.31. The third-order valence-electron chi connectivity index (χ3n) is 5.26. The number of rotatable bonds is 5. The molecule has 0 amide bonds. The lowest BCUT2D eigenvalue weighted by atomic mass is 10.1. The van der Waals surface area contributed by atoms with Crippen LogP contribution in [-0.2, 0) is 16.6 Å². The quantitative estimate of drug-likeness (QED) is 0.841. The highest BCUT2D eigenvalue weighted by Crippen LogP contribution is 2.22. The number of para-hydroxylation sites is 1. The molecule has 1 N–H and O–H groups in total. The summed E-state index contributed by atoms with van der Waals surface area (Å²) in [6, 6.07) is 19.4. The summed E-state index contributed by atoms with van der Waals surface area (Å²) in [4.78, 5) is 9.10. The van der Waals surface area contributed by atoms with Gasteiger partial charge in [-0.1, -0.05) is 48.5 Å². The van der Waals surface area contributed by atoms with Gasteiger partial charge in [0.1, 0.15) is 0 Å². The first-order valence-corrected chi connectivity index (χ1v) is 11.3. The van der Waals surface area contributed by atoms with Crippen LogP contribution in [-0.4, -0.2) is 55.6 Å². The van der Waals surface area contributed by atoms with E-state index in [1.807, 2.05) is 36.4 Å². The number of likely N-dealkylation sites (tertiary alicyclic amines) is 1. The van der Waals surface area contributed by atoms with Gasteiger partial charge in [0, 0.05) is 31.9 Å². The van der Waals surface area contributed by atoms with Gasteiger partial charge in [0.25, 0.3) is 0 Å². The van der Waals surface area contributed by atoms with Gasteiger partial charge in [-0.25, -0.2) is 8.42 Å². The molecule has 1 saturated heterocycles. The topological polar surface area (TPSA) is 65.0 Å². The maximum absolute atomic E-state index is 12.9. The Balaban J connectivity index is 1.44. The van der Waals surface area contributed by atoms with Crippen molar-refractivity contribution in [1.29, 1.82) is 0 Å². The average Bonchev–Trinajstić information content (AvgIpc) is 3.17. The van der Waals surface area contributed by atoms with Crippen LogP contribution in [0.5, 0.6) is 0 Å². The van der Waals surface area contributed by atoms with Crippen molar-refractivity contribution in [2.45, 2.75) is 24.6 Å². The molecule has 2 aromatic carbocycles. The fraction of sp³-hybridized carbons (Fsp3) is 0.381. The SMILES string of the molecule is O=S(=O)(Nc1ccccc1)C1CCCN(C2=NCCN2Cc2ccccc2)C1. The maximum Gasteiger partial charge on any atom is 0.237 e. The van der Waals surface area contributed by atoms with E-state index >= 15 is 0 Å². The zero-order valence-corrected chi connectivity index (χ0v) is 16.7. The van der Waals surface area contributed by atoms with Crippen molar-refractivity contribution in [1.82, 2.24) is 9.80 Å². The summed E-state index contributed by atoms with van der Waals surface area (Å²) >= 11 is 0. The van der Waals surface area contributed by atoms with Crippen LogP contribution in [0.2, 0.25) is 0 Å². The molecule has 0 radical (unpaired) electrons. The fourth-order valence-electron chi connectivity index (χ4n) is 3.85. The minimum absolute atomic E-state index is 0.441. The minimum Gasteiger partial charge on any atom is -0.341 e. The Morgan fingerprint density at radius 2 is 1.71 bits per heavy atom. The molecular weight excluding hydrogens is 372 g/mol. The molecule has 28 heavy (non-hydrogen) atoms. The first-order chi connectivity index (χ1) is 13.6. The number of nitrogens with zero attached hydrogens (tertiary/aromatic N) is 3. The lowest BCUT2D eigenvalue weighted by molar-refractivity contribution is 0.293. The Labute approximate surface area is 166 Å². The highest BCUT2D eigenvalue weighted by atomic mass is 32.2. The molecule has 7 heteroatoms. The lowest BCUT2D eigenvalue weighted by Gasteiger charge is -2.37. The van der Waals surface area contributed by atoms with E-state index in [1.165, 1.54) is 5.56 Å².